The number of rotatable bonds is 6. The molecule has 1 rings (SSSR count). The van der Waals surface area contributed by atoms with Crippen LogP contribution in [-0.4, -0.2) is 36.5 Å². The molecule has 0 fully saturated rings. The molecule has 1 N–H and O–H groups in total. The van der Waals surface area contributed by atoms with Crippen LogP contribution in [0.3, 0.4) is 0 Å². The fraction of sp³-hybridized carbons (Fsp3) is 0.467. The number of nitrogens with zero attached hydrogens (tertiary/aromatic N) is 1. The highest BCUT2D eigenvalue weighted by Crippen LogP contribution is 2.04. The van der Waals surface area contributed by atoms with E-state index in [0.717, 1.165) is 12.0 Å². The molecular weight excluding hydrogens is 256 g/mol. The van der Waals surface area contributed by atoms with Crippen LogP contribution < -0.4 is 5.32 Å². The molecule has 0 aromatic heterocycles. The Morgan fingerprint density at radius 3 is 2.55 bits per heavy atom. The molecule has 0 aliphatic heterocycles. The van der Waals surface area contributed by atoms with Crippen LogP contribution in [-0.2, 0) is 16.1 Å². The molecule has 0 unspecified atom stereocenters. The van der Waals surface area contributed by atoms with Crippen molar-refractivity contribution in [2.75, 3.05) is 13.6 Å². The molecule has 0 radical (unpaired) electrons. The smallest absolute Gasteiger partial charge is 0.410 e. The van der Waals surface area contributed by atoms with Crippen molar-refractivity contribution in [1.82, 2.24) is 10.2 Å². The summed E-state index contributed by atoms with van der Waals surface area (Å²) in [5.41, 5.74) is 0.914. The lowest BCUT2D eigenvalue weighted by Crippen LogP contribution is -2.46. The number of benzene rings is 1. The maximum atomic E-state index is 11.9. The predicted molar refractivity (Wildman–Crippen MR) is 77.2 cm³/mol. The first-order valence-electron chi connectivity index (χ1n) is 6.77. The summed E-state index contributed by atoms with van der Waals surface area (Å²) in [7, 11) is 1.56. The Labute approximate surface area is 119 Å². The normalized spacial score (nSPS) is 11.6. The molecule has 5 heteroatoms. The summed E-state index contributed by atoms with van der Waals surface area (Å²) in [4.78, 5) is 24.9. The van der Waals surface area contributed by atoms with Gasteiger partial charge >= 0.3 is 6.09 Å². The molecular formula is C15H22N2O3. The van der Waals surface area contributed by atoms with Crippen LogP contribution in [0.15, 0.2) is 30.3 Å². The van der Waals surface area contributed by atoms with Gasteiger partial charge in [-0.05, 0) is 18.9 Å². The summed E-state index contributed by atoms with van der Waals surface area (Å²) < 4.78 is 5.17. The van der Waals surface area contributed by atoms with Gasteiger partial charge in [0.15, 0.2) is 0 Å². The van der Waals surface area contributed by atoms with E-state index in [9.17, 15) is 9.59 Å². The number of nitrogens with one attached hydrogen (secondary N) is 1. The molecule has 0 aliphatic carbocycles. The van der Waals surface area contributed by atoms with Crippen LogP contribution in [0.5, 0.6) is 0 Å². The second kappa shape index (κ2) is 8.19. The quantitative estimate of drug-likeness (QED) is 0.867. The van der Waals surface area contributed by atoms with Crippen LogP contribution in [0.25, 0.3) is 0 Å². The minimum absolute atomic E-state index is 0.175. The van der Waals surface area contributed by atoms with Gasteiger partial charge in [-0.2, -0.15) is 0 Å². The second-order valence-electron chi connectivity index (χ2n) is 4.62. The minimum Gasteiger partial charge on any atom is -0.445 e. The van der Waals surface area contributed by atoms with Gasteiger partial charge in [0, 0.05) is 13.6 Å². The summed E-state index contributed by atoms with van der Waals surface area (Å²) in [6.45, 7) is 4.46. The number of amides is 2. The highest BCUT2D eigenvalue weighted by Gasteiger charge is 2.22. The lowest BCUT2D eigenvalue weighted by molar-refractivity contribution is -0.125. The maximum Gasteiger partial charge on any atom is 0.410 e. The lowest BCUT2D eigenvalue weighted by atomic mass is 10.2. The third-order valence-electron chi connectivity index (χ3n) is 3.00. The Kier molecular flexibility index (Phi) is 6.56. The van der Waals surface area contributed by atoms with E-state index in [0.29, 0.717) is 6.54 Å². The van der Waals surface area contributed by atoms with Crippen molar-refractivity contribution in [2.24, 2.45) is 0 Å². The van der Waals surface area contributed by atoms with Gasteiger partial charge in [0.2, 0.25) is 5.91 Å². The zero-order chi connectivity index (χ0) is 15.0. The van der Waals surface area contributed by atoms with Gasteiger partial charge in [-0.25, -0.2) is 4.79 Å². The summed E-state index contributed by atoms with van der Waals surface area (Å²) in [5.74, 6) is -0.175. The lowest BCUT2D eigenvalue weighted by Gasteiger charge is -2.23. The topological polar surface area (TPSA) is 58.6 Å². The zero-order valence-corrected chi connectivity index (χ0v) is 12.3. The highest BCUT2D eigenvalue weighted by atomic mass is 16.6. The van der Waals surface area contributed by atoms with Gasteiger partial charge in [-0.3, -0.25) is 9.69 Å². The predicted octanol–water partition coefficient (Wildman–Crippen LogP) is 2.17. The molecule has 0 aliphatic rings. The summed E-state index contributed by atoms with van der Waals surface area (Å²) in [6, 6.07) is 8.87. The molecule has 20 heavy (non-hydrogen) atoms. The average Bonchev–Trinajstić information content (AvgIpc) is 2.49. The number of carbonyl (C=O) groups is 2. The van der Waals surface area contributed by atoms with E-state index in [1.165, 1.54) is 4.90 Å². The van der Waals surface area contributed by atoms with Gasteiger partial charge in [0.1, 0.15) is 12.6 Å². The first kappa shape index (κ1) is 16.0. The Balaban J connectivity index is 2.44. The van der Waals surface area contributed by atoms with Crippen LogP contribution in [0.4, 0.5) is 4.79 Å². The fourth-order valence-corrected chi connectivity index (χ4v) is 1.55. The first-order valence-corrected chi connectivity index (χ1v) is 6.77. The molecule has 0 spiro atoms. The molecule has 2 amide bonds. The van der Waals surface area contributed by atoms with Crippen LogP contribution in [0, 0.1) is 0 Å². The minimum atomic E-state index is -0.551. The number of ether oxygens (including phenoxy) is 1. The van der Waals surface area contributed by atoms with Crippen molar-refractivity contribution >= 4 is 12.0 Å². The van der Waals surface area contributed by atoms with Gasteiger partial charge < -0.3 is 10.1 Å². The van der Waals surface area contributed by atoms with E-state index in [1.54, 1.807) is 14.0 Å². The fourth-order valence-electron chi connectivity index (χ4n) is 1.55. The van der Waals surface area contributed by atoms with Gasteiger partial charge in [-0.1, -0.05) is 37.3 Å². The van der Waals surface area contributed by atoms with E-state index in [4.69, 9.17) is 4.74 Å². The van der Waals surface area contributed by atoms with E-state index in [2.05, 4.69) is 5.32 Å². The SMILES string of the molecule is CCCNC(=O)[C@H](C)N(C)C(=O)OCc1ccccc1. The number of carbonyl (C=O) groups excluding carboxylic acids is 2. The van der Waals surface area contributed by atoms with Crippen molar-refractivity contribution in [1.29, 1.82) is 0 Å². The number of likely N-dealkylation sites (N-methyl/N-ethyl adjacent to an activating group) is 1. The number of hydrogen-bond donors (Lipinski definition) is 1. The van der Waals surface area contributed by atoms with Crippen molar-refractivity contribution in [2.45, 2.75) is 32.9 Å². The summed E-state index contributed by atoms with van der Waals surface area (Å²) in [6.07, 6.45) is 0.355. The summed E-state index contributed by atoms with van der Waals surface area (Å²) in [5, 5.41) is 2.75. The van der Waals surface area contributed by atoms with E-state index >= 15 is 0 Å². The van der Waals surface area contributed by atoms with Crippen molar-refractivity contribution < 1.29 is 14.3 Å². The molecule has 0 saturated carbocycles. The third kappa shape index (κ3) is 4.91. The van der Waals surface area contributed by atoms with Gasteiger partial charge in [0.05, 0.1) is 0 Å². The largest absolute Gasteiger partial charge is 0.445 e. The van der Waals surface area contributed by atoms with Crippen molar-refractivity contribution in [3.8, 4) is 0 Å². The van der Waals surface area contributed by atoms with E-state index in [1.807, 2.05) is 37.3 Å². The standard InChI is InChI=1S/C15H22N2O3/c1-4-10-16-14(18)12(2)17(3)15(19)20-11-13-8-6-5-7-9-13/h5-9,12H,4,10-11H2,1-3H3,(H,16,18)/t12-/m0/s1. The Morgan fingerprint density at radius 2 is 1.95 bits per heavy atom. The van der Waals surface area contributed by atoms with Crippen LogP contribution in [0.1, 0.15) is 25.8 Å². The van der Waals surface area contributed by atoms with Crippen LogP contribution >= 0.6 is 0 Å². The molecule has 0 heterocycles. The van der Waals surface area contributed by atoms with Crippen LogP contribution in [0.2, 0.25) is 0 Å². The molecule has 1 aromatic carbocycles. The maximum absolute atomic E-state index is 11.9. The second-order valence-corrected chi connectivity index (χ2v) is 4.62. The van der Waals surface area contributed by atoms with Crippen molar-refractivity contribution in [3.63, 3.8) is 0 Å². The summed E-state index contributed by atoms with van der Waals surface area (Å²) >= 11 is 0. The molecule has 110 valence electrons. The Hall–Kier alpha value is -2.04. The molecule has 0 bridgehead atoms. The van der Waals surface area contributed by atoms with E-state index in [-0.39, 0.29) is 12.5 Å². The average molecular weight is 278 g/mol. The highest BCUT2D eigenvalue weighted by molar-refractivity contribution is 5.85. The number of hydrogen-bond acceptors (Lipinski definition) is 3. The first-order chi connectivity index (χ1) is 9.56. The Bertz CT molecular complexity index is 434. The van der Waals surface area contributed by atoms with Crippen molar-refractivity contribution in [3.05, 3.63) is 35.9 Å². The van der Waals surface area contributed by atoms with Gasteiger partial charge in [0.25, 0.3) is 0 Å². The molecule has 0 saturated heterocycles. The zero-order valence-electron chi connectivity index (χ0n) is 12.3. The van der Waals surface area contributed by atoms with E-state index < -0.39 is 12.1 Å². The third-order valence-corrected chi connectivity index (χ3v) is 3.00. The molecule has 5 nitrogen and oxygen atoms in total. The molecule has 1 aromatic rings. The monoisotopic (exact) mass is 278 g/mol. The Morgan fingerprint density at radius 1 is 1.30 bits per heavy atom. The van der Waals surface area contributed by atoms with Gasteiger partial charge in [-0.15, -0.1) is 0 Å². The molecule has 1 atom stereocenters.